The first-order valence-electron chi connectivity index (χ1n) is 3.55. The van der Waals surface area contributed by atoms with Crippen LogP contribution in [-0.2, 0) is 0 Å². The van der Waals surface area contributed by atoms with Gasteiger partial charge in [-0.15, -0.1) is 21.5 Å². The fourth-order valence-electron chi connectivity index (χ4n) is 0.783. The zero-order valence-corrected chi connectivity index (χ0v) is 8.86. The lowest BCUT2D eigenvalue weighted by Crippen LogP contribution is -1.83. The molecule has 0 aliphatic rings. The smallest absolute Gasteiger partial charge is 0.142 e. The van der Waals surface area contributed by atoms with Crippen LogP contribution in [0.5, 0.6) is 0 Å². The molecule has 0 N–H and O–H groups in total. The lowest BCUT2D eigenvalue weighted by Gasteiger charge is -1.94. The maximum Gasteiger partial charge on any atom is 0.151 e. The van der Waals surface area contributed by atoms with Crippen molar-refractivity contribution in [2.75, 3.05) is 0 Å². The average molecular weight is 229 g/mol. The SMILES string of the molecule is Clc1ccc(Sc2cccs2)nn1. The first-order chi connectivity index (χ1) is 6.34. The molecule has 0 bridgehead atoms. The molecule has 0 spiro atoms. The van der Waals surface area contributed by atoms with Crippen LogP contribution in [0.1, 0.15) is 0 Å². The standard InChI is InChI=1S/C8H5ClN2S2/c9-6-3-4-7(11-10-6)13-8-2-1-5-12-8/h1-5H. The molecule has 66 valence electrons. The van der Waals surface area contributed by atoms with Gasteiger partial charge in [0.05, 0.1) is 4.21 Å². The van der Waals surface area contributed by atoms with E-state index in [0.29, 0.717) is 5.15 Å². The highest BCUT2D eigenvalue weighted by Crippen LogP contribution is 2.29. The van der Waals surface area contributed by atoms with Crippen molar-refractivity contribution < 1.29 is 0 Å². The summed E-state index contributed by atoms with van der Waals surface area (Å²) in [5, 5.41) is 11.0. The molecule has 13 heavy (non-hydrogen) atoms. The number of aromatic nitrogens is 2. The summed E-state index contributed by atoms with van der Waals surface area (Å²) in [4.78, 5) is 0. The lowest BCUT2D eigenvalue weighted by atomic mass is 10.6. The molecule has 0 atom stereocenters. The Morgan fingerprint density at radius 3 is 2.77 bits per heavy atom. The minimum absolute atomic E-state index is 0.426. The van der Waals surface area contributed by atoms with Gasteiger partial charge >= 0.3 is 0 Å². The topological polar surface area (TPSA) is 25.8 Å². The van der Waals surface area contributed by atoms with Crippen molar-refractivity contribution in [1.29, 1.82) is 0 Å². The average Bonchev–Trinajstić information content (AvgIpc) is 2.62. The summed E-state index contributed by atoms with van der Waals surface area (Å²) in [6, 6.07) is 7.66. The van der Waals surface area contributed by atoms with E-state index in [9.17, 15) is 0 Å². The van der Waals surface area contributed by atoms with Crippen molar-refractivity contribution in [1.82, 2.24) is 10.2 Å². The molecule has 2 aromatic rings. The third-order valence-corrected chi connectivity index (χ3v) is 3.47. The second kappa shape index (κ2) is 4.09. The van der Waals surface area contributed by atoms with Gasteiger partial charge in [0.25, 0.3) is 0 Å². The highest BCUT2D eigenvalue weighted by molar-refractivity contribution is 8.01. The molecule has 0 saturated heterocycles. The Hall–Kier alpha value is -0.580. The number of nitrogens with zero attached hydrogens (tertiary/aromatic N) is 2. The monoisotopic (exact) mass is 228 g/mol. The van der Waals surface area contributed by atoms with Gasteiger partial charge in [-0.2, -0.15) is 0 Å². The van der Waals surface area contributed by atoms with Crippen LogP contribution >= 0.6 is 34.7 Å². The van der Waals surface area contributed by atoms with Gasteiger partial charge in [0.15, 0.2) is 5.15 Å². The number of hydrogen-bond donors (Lipinski definition) is 0. The molecule has 0 aliphatic heterocycles. The molecular formula is C8H5ClN2S2. The second-order valence-electron chi connectivity index (χ2n) is 2.23. The van der Waals surface area contributed by atoms with Crippen molar-refractivity contribution in [2.24, 2.45) is 0 Å². The van der Waals surface area contributed by atoms with Crippen molar-refractivity contribution in [2.45, 2.75) is 9.24 Å². The Labute approximate surface area is 89.0 Å². The van der Waals surface area contributed by atoms with Crippen LogP contribution in [0.2, 0.25) is 5.15 Å². The summed E-state index contributed by atoms with van der Waals surface area (Å²) in [5.41, 5.74) is 0. The predicted molar refractivity (Wildman–Crippen MR) is 55.5 cm³/mol. The summed E-state index contributed by atoms with van der Waals surface area (Å²) in [7, 11) is 0. The van der Waals surface area contributed by atoms with E-state index < -0.39 is 0 Å². The van der Waals surface area contributed by atoms with E-state index in [4.69, 9.17) is 11.6 Å². The highest BCUT2D eigenvalue weighted by atomic mass is 35.5. The van der Waals surface area contributed by atoms with Gasteiger partial charge in [-0.3, -0.25) is 0 Å². The number of thiophene rings is 1. The van der Waals surface area contributed by atoms with Crippen molar-refractivity contribution in [3.63, 3.8) is 0 Å². The summed E-state index contributed by atoms with van der Waals surface area (Å²) in [6.07, 6.45) is 0. The molecule has 2 nitrogen and oxygen atoms in total. The minimum atomic E-state index is 0.426. The number of rotatable bonds is 2. The van der Waals surface area contributed by atoms with Crippen molar-refractivity contribution >= 4 is 34.7 Å². The Morgan fingerprint density at radius 2 is 2.15 bits per heavy atom. The van der Waals surface area contributed by atoms with Gasteiger partial charge in [0.2, 0.25) is 0 Å². The molecule has 0 radical (unpaired) electrons. The normalized spacial score (nSPS) is 10.2. The van der Waals surface area contributed by atoms with E-state index in [2.05, 4.69) is 10.2 Å². The lowest BCUT2D eigenvalue weighted by molar-refractivity contribution is 0.931. The van der Waals surface area contributed by atoms with Crippen LogP contribution in [-0.4, -0.2) is 10.2 Å². The van der Waals surface area contributed by atoms with Gasteiger partial charge in [-0.05, 0) is 23.6 Å². The van der Waals surface area contributed by atoms with Crippen LogP contribution < -0.4 is 0 Å². The van der Waals surface area contributed by atoms with Crippen LogP contribution in [0, 0.1) is 0 Å². The molecule has 0 aromatic carbocycles. The van der Waals surface area contributed by atoms with Gasteiger partial charge in [0.1, 0.15) is 5.03 Å². The zero-order valence-electron chi connectivity index (χ0n) is 6.48. The van der Waals surface area contributed by atoms with Crippen LogP contribution in [0.4, 0.5) is 0 Å². The maximum absolute atomic E-state index is 5.61. The largest absolute Gasteiger partial charge is 0.151 e. The van der Waals surface area contributed by atoms with E-state index in [1.54, 1.807) is 29.2 Å². The summed E-state index contributed by atoms with van der Waals surface area (Å²) < 4.78 is 1.21. The molecule has 5 heteroatoms. The molecule has 2 aromatic heterocycles. The third-order valence-electron chi connectivity index (χ3n) is 1.31. The van der Waals surface area contributed by atoms with Gasteiger partial charge in [0, 0.05) is 0 Å². The Morgan fingerprint density at radius 1 is 1.23 bits per heavy atom. The highest BCUT2D eigenvalue weighted by Gasteiger charge is 1.99. The molecular weight excluding hydrogens is 224 g/mol. The molecule has 0 saturated carbocycles. The maximum atomic E-state index is 5.61. The Balaban J connectivity index is 2.15. The first-order valence-corrected chi connectivity index (χ1v) is 5.62. The summed E-state index contributed by atoms with van der Waals surface area (Å²) in [6.45, 7) is 0. The van der Waals surface area contributed by atoms with E-state index in [1.807, 2.05) is 23.6 Å². The molecule has 2 rings (SSSR count). The number of halogens is 1. The molecule has 0 aliphatic carbocycles. The van der Waals surface area contributed by atoms with Gasteiger partial charge in [-0.25, -0.2) is 0 Å². The fraction of sp³-hybridized carbons (Fsp3) is 0. The van der Waals surface area contributed by atoms with E-state index in [0.717, 1.165) is 5.03 Å². The van der Waals surface area contributed by atoms with E-state index >= 15 is 0 Å². The molecule has 0 fully saturated rings. The first kappa shape index (κ1) is 8.99. The summed E-state index contributed by atoms with van der Waals surface area (Å²) >= 11 is 8.89. The predicted octanol–water partition coefficient (Wildman–Crippen LogP) is 3.34. The van der Waals surface area contributed by atoms with Crippen molar-refractivity contribution in [3.8, 4) is 0 Å². The van der Waals surface area contributed by atoms with Crippen LogP contribution in [0.25, 0.3) is 0 Å². The number of hydrogen-bond acceptors (Lipinski definition) is 4. The van der Waals surface area contributed by atoms with E-state index in [-0.39, 0.29) is 0 Å². The zero-order chi connectivity index (χ0) is 9.10. The van der Waals surface area contributed by atoms with Gasteiger partial charge < -0.3 is 0 Å². The summed E-state index contributed by atoms with van der Waals surface area (Å²) in [5.74, 6) is 0. The van der Waals surface area contributed by atoms with E-state index in [1.165, 1.54) is 4.21 Å². The van der Waals surface area contributed by atoms with Crippen LogP contribution in [0.15, 0.2) is 38.9 Å². The van der Waals surface area contributed by atoms with Crippen LogP contribution in [0.3, 0.4) is 0 Å². The quantitative estimate of drug-likeness (QED) is 0.789. The molecule has 0 unspecified atom stereocenters. The Kier molecular flexibility index (Phi) is 2.83. The Bertz CT molecular complexity index is 372. The van der Waals surface area contributed by atoms with Crippen molar-refractivity contribution in [3.05, 3.63) is 34.8 Å². The second-order valence-corrected chi connectivity index (χ2v) is 4.88. The minimum Gasteiger partial charge on any atom is -0.142 e. The molecule has 0 amide bonds. The molecule has 2 heterocycles. The van der Waals surface area contributed by atoms with Gasteiger partial charge in [-0.1, -0.05) is 29.4 Å². The fourth-order valence-corrected chi connectivity index (χ4v) is 2.52. The third kappa shape index (κ3) is 2.43.